The zero-order valence-corrected chi connectivity index (χ0v) is 14.1. The standard InChI is InChI=1S/C13H20N2O4S.ClH/c1-9-5-6-11(13(16)19-4)7-12(9)20(17,18)15-8-10(2)14-3;/h5-7,10,14-15H,8H2,1-4H3;1H. The van der Waals surface area contributed by atoms with Gasteiger partial charge < -0.3 is 10.1 Å². The number of ether oxygens (including phenoxy) is 1. The van der Waals surface area contributed by atoms with Crippen molar-refractivity contribution in [1.29, 1.82) is 0 Å². The Morgan fingerprint density at radius 2 is 2.00 bits per heavy atom. The highest BCUT2D eigenvalue weighted by Crippen LogP contribution is 2.17. The second-order valence-electron chi connectivity index (χ2n) is 4.51. The number of carbonyl (C=O) groups excluding carboxylic acids is 1. The minimum Gasteiger partial charge on any atom is -0.465 e. The van der Waals surface area contributed by atoms with Gasteiger partial charge in [-0.1, -0.05) is 6.07 Å². The molecule has 0 aromatic heterocycles. The molecule has 1 unspecified atom stereocenters. The van der Waals surface area contributed by atoms with Crippen LogP contribution in [0.15, 0.2) is 23.1 Å². The molecule has 0 fully saturated rings. The van der Waals surface area contributed by atoms with Crippen LogP contribution in [-0.2, 0) is 14.8 Å². The Hall–Kier alpha value is -1.15. The number of sulfonamides is 1. The van der Waals surface area contributed by atoms with Crippen LogP contribution in [0.5, 0.6) is 0 Å². The Kier molecular flexibility index (Phi) is 7.87. The summed E-state index contributed by atoms with van der Waals surface area (Å²) >= 11 is 0. The Bertz CT molecular complexity index is 590. The van der Waals surface area contributed by atoms with Crippen molar-refractivity contribution < 1.29 is 17.9 Å². The number of hydrogen-bond acceptors (Lipinski definition) is 5. The van der Waals surface area contributed by atoms with Crippen molar-refractivity contribution in [3.63, 3.8) is 0 Å². The van der Waals surface area contributed by atoms with E-state index in [-0.39, 0.29) is 35.5 Å². The fourth-order valence-electron chi connectivity index (χ4n) is 1.55. The van der Waals surface area contributed by atoms with Crippen molar-refractivity contribution in [3.05, 3.63) is 29.3 Å². The molecule has 0 heterocycles. The Morgan fingerprint density at radius 3 is 2.52 bits per heavy atom. The normalized spacial score (nSPS) is 12.4. The monoisotopic (exact) mass is 336 g/mol. The van der Waals surface area contributed by atoms with Crippen LogP contribution in [0.25, 0.3) is 0 Å². The van der Waals surface area contributed by atoms with Crippen LogP contribution in [0.3, 0.4) is 0 Å². The average molecular weight is 337 g/mol. The van der Waals surface area contributed by atoms with E-state index in [4.69, 9.17) is 0 Å². The summed E-state index contributed by atoms with van der Waals surface area (Å²) in [6.45, 7) is 3.80. The molecule has 0 aliphatic carbocycles. The molecule has 0 saturated carbocycles. The van der Waals surface area contributed by atoms with Gasteiger partial charge in [0, 0.05) is 12.6 Å². The highest BCUT2D eigenvalue weighted by molar-refractivity contribution is 7.89. The molecule has 120 valence electrons. The van der Waals surface area contributed by atoms with E-state index < -0.39 is 16.0 Å². The predicted octanol–water partition coefficient (Wildman–Crippen LogP) is 1.09. The van der Waals surface area contributed by atoms with E-state index in [1.54, 1.807) is 20.0 Å². The molecular formula is C13H21ClN2O4S. The smallest absolute Gasteiger partial charge is 0.337 e. The fraction of sp³-hybridized carbons (Fsp3) is 0.462. The number of carbonyl (C=O) groups is 1. The number of nitrogens with one attached hydrogen (secondary N) is 2. The largest absolute Gasteiger partial charge is 0.465 e. The first-order valence-corrected chi connectivity index (χ1v) is 7.66. The highest BCUT2D eigenvalue weighted by Gasteiger charge is 2.19. The molecule has 1 aromatic rings. The van der Waals surface area contributed by atoms with E-state index in [2.05, 4.69) is 14.8 Å². The molecule has 21 heavy (non-hydrogen) atoms. The van der Waals surface area contributed by atoms with Crippen molar-refractivity contribution in [3.8, 4) is 0 Å². The third kappa shape index (κ3) is 5.28. The van der Waals surface area contributed by atoms with Gasteiger partial charge in [0.1, 0.15) is 0 Å². The van der Waals surface area contributed by atoms with Crippen molar-refractivity contribution in [2.75, 3.05) is 20.7 Å². The molecule has 0 saturated heterocycles. The maximum Gasteiger partial charge on any atom is 0.337 e. The lowest BCUT2D eigenvalue weighted by Crippen LogP contribution is -2.37. The molecule has 0 spiro atoms. The Morgan fingerprint density at radius 1 is 1.38 bits per heavy atom. The summed E-state index contributed by atoms with van der Waals surface area (Å²) in [4.78, 5) is 11.6. The van der Waals surface area contributed by atoms with E-state index in [0.717, 1.165) is 0 Å². The molecule has 2 N–H and O–H groups in total. The van der Waals surface area contributed by atoms with E-state index in [9.17, 15) is 13.2 Å². The van der Waals surface area contributed by atoms with Gasteiger partial charge in [-0.3, -0.25) is 0 Å². The maximum atomic E-state index is 12.2. The second kappa shape index (κ2) is 8.33. The van der Waals surface area contributed by atoms with E-state index in [1.807, 2.05) is 6.92 Å². The number of methoxy groups -OCH3 is 1. The van der Waals surface area contributed by atoms with Gasteiger partial charge in [0.05, 0.1) is 17.6 Å². The third-order valence-corrected chi connectivity index (χ3v) is 4.54. The predicted molar refractivity (Wildman–Crippen MR) is 83.5 cm³/mol. The van der Waals surface area contributed by atoms with Crippen LogP contribution in [0.4, 0.5) is 0 Å². The lowest BCUT2D eigenvalue weighted by molar-refractivity contribution is 0.0600. The maximum absolute atomic E-state index is 12.2. The lowest BCUT2D eigenvalue weighted by atomic mass is 10.1. The molecule has 8 heteroatoms. The topological polar surface area (TPSA) is 84.5 Å². The van der Waals surface area contributed by atoms with Crippen LogP contribution in [-0.4, -0.2) is 41.1 Å². The summed E-state index contributed by atoms with van der Waals surface area (Å²) in [6, 6.07) is 4.46. The van der Waals surface area contributed by atoms with Crippen molar-refractivity contribution in [2.45, 2.75) is 24.8 Å². The number of benzene rings is 1. The SMILES string of the molecule is CNC(C)CNS(=O)(=O)c1cc(C(=O)OC)ccc1C.Cl. The van der Waals surface area contributed by atoms with Gasteiger partial charge in [-0.2, -0.15) is 0 Å². The van der Waals surface area contributed by atoms with Crippen LogP contribution in [0.1, 0.15) is 22.8 Å². The summed E-state index contributed by atoms with van der Waals surface area (Å²) in [7, 11) is -0.653. The molecule has 0 radical (unpaired) electrons. The lowest BCUT2D eigenvalue weighted by Gasteiger charge is -2.14. The quantitative estimate of drug-likeness (QED) is 0.760. The average Bonchev–Trinajstić information content (AvgIpc) is 2.44. The number of aryl methyl sites for hydroxylation is 1. The van der Waals surface area contributed by atoms with Crippen LogP contribution >= 0.6 is 12.4 Å². The van der Waals surface area contributed by atoms with Crippen LogP contribution in [0, 0.1) is 6.92 Å². The van der Waals surface area contributed by atoms with Gasteiger partial charge in [0.2, 0.25) is 10.0 Å². The number of likely N-dealkylation sites (N-methyl/N-ethyl adjacent to an activating group) is 1. The zero-order valence-electron chi connectivity index (χ0n) is 12.5. The first-order chi connectivity index (χ1) is 9.31. The Balaban J connectivity index is 0.00000400. The van der Waals surface area contributed by atoms with Gasteiger partial charge in [-0.05, 0) is 38.6 Å². The molecule has 0 bridgehead atoms. The van der Waals surface area contributed by atoms with E-state index >= 15 is 0 Å². The summed E-state index contributed by atoms with van der Waals surface area (Å²) in [5, 5.41) is 2.94. The van der Waals surface area contributed by atoms with E-state index in [1.165, 1.54) is 19.2 Å². The minimum absolute atomic E-state index is 0. The Labute approximate surface area is 131 Å². The molecule has 0 aliphatic heterocycles. The molecular weight excluding hydrogens is 316 g/mol. The summed E-state index contributed by atoms with van der Waals surface area (Å²) in [5.41, 5.74) is 0.780. The summed E-state index contributed by atoms with van der Waals surface area (Å²) < 4.78 is 31.6. The third-order valence-electron chi connectivity index (χ3n) is 2.97. The van der Waals surface area contributed by atoms with Crippen LogP contribution < -0.4 is 10.0 Å². The van der Waals surface area contributed by atoms with Crippen LogP contribution in [0.2, 0.25) is 0 Å². The number of rotatable bonds is 6. The van der Waals surface area contributed by atoms with Crippen molar-refractivity contribution in [2.24, 2.45) is 0 Å². The number of hydrogen-bond donors (Lipinski definition) is 2. The molecule has 0 aliphatic rings. The molecule has 1 aromatic carbocycles. The van der Waals surface area contributed by atoms with Crippen molar-refractivity contribution >= 4 is 28.4 Å². The molecule has 1 atom stereocenters. The van der Waals surface area contributed by atoms with Gasteiger partial charge in [0.25, 0.3) is 0 Å². The first-order valence-electron chi connectivity index (χ1n) is 6.17. The van der Waals surface area contributed by atoms with Gasteiger partial charge >= 0.3 is 5.97 Å². The van der Waals surface area contributed by atoms with Gasteiger partial charge in [-0.25, -0.2) is 17.9 Å². The van der Waals surface area contributed by atoms with E-state index in [0.29, 0.717) is 5.56 Å². The summed E-state index contributed by atoms with van der Waals surface area (Å²) in [6.07, 6.45) is 0. The van der Waals surface area contributed by atoms with Gasteiger partial charge in [0.15, 0.2) is 0 Å². The first kappa shape index (κ1) is 19.9. The summed E-state index contributed by atoms with van der Waals surface area (Å²) in [5.74, 6) is -0.565. The number of halogens is 1. The fourth-order valence-corrected chi connectivity index (χ4v) is 2.95. The minimum atomic E-state index is -3.66. The highest BCUT2D eigenvalue weighted by atomic mass is 35.5. The number of esters is 1. The molecule has 6 nitrogen and oxygen atoms in total. The second-order valence-corrected chi connectivity index (χ2v) is 6.25. The molecule has 1 rings (SSSR count). The van der Waals surface area contributed by atoms with Crippen molar-refractivity contribution in [1.82, 2.24) is 10.0 Å². The van der Waals surface area contributed by atoms with Gasteiger partial charge in [-0.15, -0.1) is 12.4 Å². The zero-order chi connectivity index (χ0) is 15.3. The molecule has 0 amide bonds.